The molecule has 18 heavy (non-hydrogen) atoms. The van der Waals surface area contributed by atoms with Crippen LogP contribution in [0.15, 0.2) is 24.3 Å². The van der Waals surface area contributed by atoms with Crippen LogP contribution in [0.25, 0.3) is 0 Å². The van der Waals surface area contributed by atoms with E-state index < -0.39 is 0 Å². The average Bonchev–Trinajstić information content (AvgIpc) is 2.43. The Kier molecular flexibility index (Phi) is 5.21. The summed E-state index contributed by atoms with van der Waals surface area (Å²) in [7, 11) is 0. The Balaban J connectivity index is 1.81. The van der Waals surface area contributed by atoms with Gasteiger partial charge in [-0.3, -0.25) is 0 Å². The van der Waals surface area contributed by atoms with Gasteiger partial charge >= 0.3 is 0 Å². The summed E-state index contributed by atoms with van der Waals surface area (Å²) in [5.74, 6) is 0.661. The van der Waals surface area contributed by atoms with Gasteiger partial charge in [-0.2, -0.15) is 0 Å². The molecule has 0 heterocycles. The number of nitrogens with one attached hydrogen (secondary N) is 1. The lowest BCUT2D eigenvalue weighted by Crippen LogP contribution is -2.27. The molecule has 1 aromatic rings. The quantitative estimate of drug-likeness (QED) is 0.758. The van der Waals surface area contributed by atoms with Crippen LogP contribution in [0.5, 0.6) is 0 Å². The van der Waals surface area contributed by atoms with Crippen LogP contribution in [0.3, 0.4) is 0 Å². The molecule has 2 heteroatoms. The second-order valence-electron chi connectivity index (χ2n) is 5.34. The van der Waals surface area contributed by atoms with Gasteiger partial charge in [0.15, 0.2) is 0 Å². The van der Waals surface area contributed by atoms with E-state index in [1.807, 2.05) is 6.92 Å². The zero-order valence-electron chi connectivity index (χ0n) is 11.4. The van der Waals surface area contributed by atoms with Gasteiger partial charge in [0.05, 0.1) is 6.10 Å². The second-order valence-corrected chi connectivity index (χ2v) is 5.34. The van der Waals surface area contributed by atoms with Crippen molar-refractivity contribution in [2.75, 3.05) is 13.1 Å². The number of hydrogen-bond donors (Lipinski definition) is 2. The van der Waals surface area contributed by atoms with Crippen LogP contribution in [-0.2, 0) is 6.42 Å². The molecule has 1 aromatic carbocycles. The average molecular weight is 247 g/mol. The van der Waals surface area contributed by atoms with Gasteiger partial charge in [0, 0.05) is 6.54 Å². The first kappa shape index (κ1) is 13.6. The summed E-state index contributed by atoms with van der Waals surface area (Å²) in [5, 5.41) is 13.0. The zero-order valence-corrected chi connectivity index (χ0v) is 11.4. The van der Waals surface area contributed by atoms with E-state index in [0.29, 0.717) is 5.92 Å². The maximum absolute atomic E-state index is 9.51. The van der Waals surface area contributed by atoms with E-state index in [-0.39, 0.29) is 6.10 Å². The first-order valence-corrected chi connectivity index (χ1v) is 7.27. The lowest BCUT2D eigenvalue weighted by atomic mass is 9.83. The summed E-state index contributed by atoms with van der Waals surface area (Å²) in [6.45, 7) is 4.00. The molecular weight excluding hydrogens is 222 g/mol. The molecule has 2 N–H and O–H groups in total. The van der Waals surface area contributed by atoms with E-state index >= 15 is 0 Å². The summed E-state index contributed by atoms with van der Waals surface area (Å²) in [6.07, 6.45) is 5.41. The second kappa shape index (κ2) is 6.91. The maximum Gasteiger partial charge on any atom is 0.0549 e. The van der Waals surface area contributed by atoms with Crippen molar-refractivity contribution in [3.8, 4) is 0 Å². The van der Waals surface area contributed by atoms with Crippen LogP contribution < -0.4 is 5.32 Å². The molecule has 0 fully saturated rings. The van der Waals surface area contributed by atoms with Gasteiger partial charge in [-0.15, -0.1) is 0 Å². The fourth-order valence-electron chi connectivity index (χ4n) is 2.82. The van der Waals surface area contributed by atoms with Gasteiger partial charge in [0.2, 0.25) is 0 Å². The van der Waals surface area contributed by atoms with E-state index in [4.69, 9.17) is 0 Å². The number of aryl methyl sites for hydroxylation is 1. The van der Waals surface area contributed by atoms with Crippen LogP contribution >= 0.6 is 0 Å². The highest BCUT2D eigenvalue weighted by Gasteiger charge is 2.18. The topological polar surface area (TPSA) is 32.3 Å². The van der Waals surface area contributed by atoms with Gasteiger partial charge in [-0.05, 0) is 55.7 Å². The van der Waals surface area contributed by atoms with Crippen LogP contribution in [0.4, 0.5) is 0 Å². The lowest BCUT2D eigenvalue weighted by molar-refractivity contribution is 0.159. The van der Waals surface area contributed by atoms with Crippen molar-refractivity contribution in [2.24, 2.45) is 0 Å². The van der Waals surface area contributed by atoms with Crippen molar-refractivity contribution < 1.29 is 5.11 Å². The zero-order chi connectivity index (χ0) is 12.8. The van der Waals surface area contributed by atoms with Gasteiger partial charge in [0.25, 0.3) is 0 Å². The molecule has 0 saturated heterocycles. The highest BCUT2D eigenvalue weighted by atomic mass is 16.3. The van der Waals surface area contributed by atoms with Crippen molar-refractivity contribution in [1.82, 2.24) is 5.32 Å². The summed E-state index contributed by atoms with van der Waals surface area (Å²) in [5.41, 5.74) is 3.07. The van der Waals surface area contributed by atoms with Gasteiger partial charge < -0.3 is 10.4 Å². The van der Waals surface area contributed by atoms with E-state index in [1.54, 1.807) is 0 Å². The molecule has 0 saturated carbocycles. The molecule has 1 aliphatic rings. The molecule has 0 aliphatic heterocycles. The van der Waals surface area contributed by atoms with Crippen LogP contribution in [0.1, 0.15) is 49.7 Å². The minimum Gasteiger partial charge on any atom is -0.393 e. The minimum atomic E-state index is -0.142. The predicted molar refractivity (Wildman–Crippen MR) is 75.9 cm³/mol. The first-order chi connectivity index (χ1) is 8.81. The summed E-state index contributed by atoms with van der Waals surface area (Å²) in [4.78, 5) is 0. The molecule has 2 rings (SSSR count). The predicted octanol–water partition coefficient (Wildman–Crippen LogP) is 2.86. The van der Waals surface area contributed by atoms with E-state index in [9.17, 15) is 5.11 Å². The molecule has 2 atom stereocenters. The SMILES string of the molecule is CCC(O)CCNCC1CCCc2ccccc21. The van der Waals surface area contributed by atoms with Crippen molar-refractivity contribution in [3.63, 3.8) is 0 Å². The van der Waals surface area contributed by atoms with Crippen molar-refractivity contribution in [3.05, 3.63) is 35.4 Å². The molecule has 100 valence electrons. The summed E-state index contributed by atoms with van der Waals surface area (Å²) >= 11 is 0. The normalized spacial score (nSPS) is 20.4. The standard InChI is InChI=1S/C16H25NO/c1-2-15(18)10-11-17-12-14-8-5-7-13-6-3-4-9-16(13)14/h3-4,6,9,14-15,17-18H,2,5,7-8,10-12H2,1H3. The number of benzene rings is 1. The minimum absolute atomic E-state index is 0.142. The van der Waals surface area contributed by atoms with Crippen LogP contribution in [-0.4, -0.2) is 24.3 Å². The van der Waals surface area contributed by atoms with E-state index in [1.165, 1.54) is 30.4 Å². The number of aliphatic hydroxyl groups excluding tert-OH is 1. The molecule has 0 amide bonds. The highest BCUT2D eigenvalue weighted by Crippen LogP contribution is 2.30. The fourth-order valence-corrected chi connectivity index (χ4v) is 2.82. The maximum atomic E-state index is 9.51. The Morgan fingerprint density at radius 3 is 3.06 bits per heavy atom. The highest BCUT2D eigenvalue weighted by molar-refractivity contribution is 5.32. The Bertz CT molecular complexity index is 364. The third-order valence-corrected chi connectivity index (χ3v) is 4.01. The molecular formula is C16H25NO. The third-order valence-electron chi connectivity index (χ3n) is 4.01. The smallest absolute Gasteiger partial charge is 0.0549 e. The molecule has 2 unspecified atom stereocenters. The van der Waals surface area contributed by atoms with Crippen molar-refractivity contribution >= 4 is 0 Å². The van der Waals surface area contributed by atoms with Gasteiger partial charge in [-0.25, -0.2) is 0 Å². The number of aliphatic hydroxyl groups is 1. The van der Waals surface area contributed by atoms with Crippen molar-refractivity contribution in [1.29, 1.82) is 0 Å². The summed E-state index contributed by atoms with van der Waals surface area (Å²) in [6, 6.07) is 8.84. The number of rotatable bonds is 6. The van der Waals surface area contributed by atoms with Crippen molar-refractivity contribution in [2.45, 2.75) is 51.0 Å². The number of hydrogen-bond acceptors (Lipinski definition) is 2. The first-order valence-electron chi connectivity index (χ1n) is 7.27. The third kappa shape index (κ3) is 3.56. The Hall–Kier alpha value is -0.860. The van der Waals surface area contributed by atoms with Crippen LogP contribution in [0, 0.1) is 0 Å². The largest absolute Gasteiger partial charge is 0.393 e. The Morgan fingerprint density at radius 1 is 1.39 bits per heavy atom. The molecule has 1 aliphatic carbocycles. The Morgan fingerprint density at radius 2 is 2.22 bits per heavy atom. The van der Waals surface area contributed by atoms with Gasteiger partial charge in [-0.1, -0.05) is 31.2 Å². The lowest BCUT2D eigenvalue weighted by Gasteiger charge is -2.25. The fraction of sp³-hybridized carbons (Fsp3) is 0.625. The Labute approximate surface area is 110 Å². The molecule has 0 aromatic heterocycles. The summed E-state index contributed by atoms with van der Waals surface area (Å²) < 4.78 is 0. The molecule has 2 nitrogen and oxygen atoms in total. The molecule has 0 spiro atoms. The van der Waals surface area contributed by atoms with E-state index in [0.717, 1.165) is 25.9 Å². The monoisotopic (exact) mass is 247 g/mol. The van der Waals surface area contributed by atoms with E-state index in [2.05, 4.69) is 29.6 Å². The number of fused-ring (bicyclic) bond motifs is 1. The molecule has 0 bridgehead atoms. The molecule has 0 radical (unpaired) electrons. The van der Waals surface area contributed by atoms with Crippen LogP contribution in [0.2, 0.25) is 0 Å². The van der Waals surface area contributed by atoms with Gasteiger partial charge in [0.1, 0.15) is 0 Å².